The summed E-state index contributed by atoms with van der Waals surface area (Å²) in [5, 5.41) is 0. The van der Waals surface area contributed by atoms with Crippen molar-refractivity contribution in [1.29, 1.82) is 0 Å². The smallest absolute Gasteiger partial charge is 0.338 e. The van der Waals surface area contributed by atoms with Crippen LogP contribution in [0.15, 0.2) is 41.0 Å². The topological polar surface area (TPSA) is 93.9 Å². The van der Waals surface area contributed by atoms with E-state index in [1.54, 1.807) is 19.1 Å². The minimum Gasteiger partial charge on any atom is -0.467 e. The molecule has 1 fully saturated rings. The number of esters is 1. The molecule has 0 unspecified atom stereocenters. The second kappa shape index (κ2) is 8.14. The Morgan fingerprint density at radius 1 is 1.32 bits per heavy atom. The van der Waals surface area contributed by atoms with Gasteiger partial charge in [-0.05, 0) is 43.2 Å². The number of aryl methyl sites for hydroxylation is 1. The Kier molecular flexibility index (Phi) is 5.83. The molecule has 0 saturated carbocycles. The number of carbonyl (C=O) groups excluding carboxylic acids is 2. The van der Waals surface area contributed by atoms with Crippen molar-refractivity contribution in [2.75, 3.05) is 18.1 Å². The third-order valence-electron chi connectivity index (χ3n) is 4.61. The van der Waals surface area contributed by atoms with E-state index >= 15 is 0 Å². The fourth-order valence-corrected chi connectivity index (χ4v) is 4.76. The van der Waals surface area contributed by atoms with Crippen molar-refractivity contribution >= 4 is 21.7 Å². The predicted octanol–water partition coefficient (Wildman–Crippen LogP) is 2.10. The van der Waals surface area contributed by atoms with Gasteiger partial charge in [0, 0.05) is 6.04 Å². The van der Waals surface area contributed by atoms with Crippen LogP contribution >= 0.6 is 0 Å². The molecule has 7 nitrogen and oxygen atoms in total. The molecule has 150 valence electrons. The summed E-state index contributed by atoms with van der Waals surface area (Å²) in [6, 6.07) is 6.72. The van der Waals surface area contributed by atoms with E-state index in [9.17, 15) is 22.4 Å². The first-order valence-electron chi connectivity index (χ1n) is 8.71. The van der Waals surface area contributed by atoms with Gasteiger partial charge in [-0.1, -0.05) is 6.07 Å². The summed E-state index contributed by atoms with van der Waals surface area (Å²) in [6.07, 6.45) is 1.77. The van der Waals surface area contributed by atoms with Gasteiger partial charge in [0.15, 0.2) is 16.4 Å². The van der Waals surface area contributed by atoms with E-state index in [2.05, 4.69) is 0 Å². The monoisotopic (exact) mass is 409 g/mol. The van der Waals surface area contributed by atoms with Crippen molar-refractivity contribution < 1.29 is 31.6 Å². The Balaban J connectivity index is 1.68. The van der Waals surface area contributed by atoms with Crippen LogP contribution in [0, 0.1) is 12.7 Å². The number of hydrogen-bond acceptors (Lipinski definition) is 6. The van der Waals surface area contributed by atoms with Gasteiger partial charge in [-0.25, -0.2) is 17.6 Å². The Hall–Kier alpha value is -2.68. The number of benzene rings is 1. The lowest BCUT2D eigenvalue weighted by Crippen LogP contribution is -2.42. The van der Waals surface area contributed by atoms with E-state index in [4.69, 9.17) is 9.15 Å². The molecule has 1 amide bonds. The Morgan fingerprint density at radius 2 is 2.11 bits per heavy atom. The van der Waals surface area contributed by atoms with Crippen LogP contribution in [0.5, 0.6) is 0 Å². The van der Waals surface area contributed by atoms with Crippen LogP contribution in [-0.2, 0) is 25.9 Å². The highest BCUT2D eigenvalue weighted by Crippen LogP contribution is 2.21. The average Bonchev–Trinajstić information content (AvgIpc) is 3.28. The van der Waals surface area contributed by atoms with Crippen molar-refractivity contribution in [3.05, 3.63) is 59.3 Å². The van der Waals surface area contributed by atoms with Crippen molar-refractivity contribution in [2.45, 2.75) is 25.9 Å². The van der Waals surface area contributed by atoms with Crippen LogP contribution < -0.4 is 0 Å². The van der Waals surface area contributed by atoms with E-state index in [0.717, 1.165) is 6.07 Å². The fourth-order valence-electron chi connectivity index (χ4n) is 3.03. The van der Waals surface area contributed by atoms with Gasteiger partial charge in [0.25, 0.3) is 5.91 Å². The van der Waals surface area contributed by atoms with Crippen LogP contribution in [-0.4, -0.2) is 49.3 Å². The lowest BCUT2D eigenvalue weighted by molar-refractivity contribution is -0.137. The van der Waals surface area contributed by atoms with E-state index < -0.39 is 40.2 Å². The van der Waals surface area contributed by atoms with Gasteiger partial charge in [0.2, 0.25) is 0 Å². The number of sulfone groups is 1. The summed E-state index contributed by atoms with van der Waals surface area (Å²) in [7, 11) is -3.21. The SMILES string of the molecule is Cc1ccc(C(=O)OCC(=O)N(Cc2ccco2)[C@@H]2CCS(=O)(=O)C2)cc1F. The maximum atomic E-state index is 13.6. The second-order valence-electron chi connectivity index (χ2n) is 6.70. The van der Waals surface area contributed by atoms with Crippen LogP contribution in [0.4, 0.5) is 4.39 Å². The highest BCUT2D eigenvalue weighted by molar-refractivity contribution is 7.91. The summed E-state index contributed by atoms with van der Waals surface area (Å²) in [5.41, 5.74) is 0.386. The van der Waals surface area contributed by atoms with Crippen molar-refractivity contribution in [3.63, 3.8) is 0 Å². The van der Waals surface area contributed by atoms with E-state index in [-0.39, 0.29) is 23.6 Å². The Morgan fingerprint density at radius 3 is 2.71 bits per heavy atom. The minimum atomic E-state index is -3.21. The molecule has 2 heterocycles. The first kappa shape index (κ1) is 20.1. The molecule has 0 spiro atoms. The largest absolute Gasteiger partial charge is 0.467 e. The van der Waals surface area contributed by atoms with Gasteiger partial charge in [-0.3, -0.25) is 4.79 Å². The molecular weight excluding hydrogens is 389 g/mol. The summed E-state index contributed by atoms with van der Waals surface area (Å²) in [4.78, 5) is 26.1. The second-order valence-corrected chi connectivity index (χ2v) is 8.93. The number of ether oxygens (including phenoxy) is 1. The van der Waals surface area contributed by atoms with Crippen LogP contribution in [0.2, 0.25) is 0 Å². The van der Waals surface area contributed by atoms with Crippen molar-refractivity contribution in [2.24, 2.45) is 0 Å². The quantitative estimate of drug-likeness (QED) is 0.679. The maximum absolute atomic E-state index is 13.6. The van der Waals surface area contributed by atoms with Gasteiger partial charge in [0.1, 0.15) is 11.6 Å². The third kappa shape index (κ3) is 4.78. The minimum absolute atomic E-state index is 0.00202. The van der Waals surface area contributed by atoms with Crippen LogP contribution in [0.3, 0.4) is 0 Å². The first-order chi connectivity index (χ1) is 13.2. The average molecular weight is 409 g/mol. The number of nitrogens with zero attached hydrogens (tertiary/aromatic N) is 1. The molecule has 1 aliphatic heterocycles. The van der Waals surface area contributed by atoms with E-state index in [0.29, 0.717) is 17.7 Å². The van der Waals surface area contributed by atoms with Crippen LogP contribution in [0.25, 0.3) is 0 Å². The molecule has 1 aliphatic rings. The summed E-state index contributed by atoms with van der Waals surface area (Å²) in [6.45, 7) is 1.06. The number of amides is 1. The van der Waals surface area contributed by atoms with Gasteiger partial charge in [-0.15, -0.1) is 0 Å². The summed E-state index contributed by atoms with van der Waals surface area (Å²) < 4.78 is 47.5. The van der Waals surface area contributed by atoms with Gasteiger partial charge in [-0.2, -0.15) is 0 Å². The van der Waals surface area contributed by atoms with Gasteiger partial charge >= 0.3 is 5.97 Å². The number of carbonyl (C=O) groups is 2. The molecule has 1 atom stereocenters. The molecule has 1 aromatic carbocycles. The first-order valence-corrected chi connectivity index (χ1v) is 10.5. The highest BCUT2D eigenvalue weighted by Gasteiger charge is 2.35. The summed E-state index contributed by atoms with van der Waals surface area (Å²) in [5.74, 6) is -1.57. The number of halogens is 1. The Labute approximate surface area is 162 Å². The molecule has 0 aliphatic carbocycles. The lowest BCUT2D eigenvalue weighted by Gasteiger charge is -2.27. The Bertz CT molecular complexity index is 970. The van der Waals surface area contributed by atoms with Gasteiger partial charge in [0.05, 0.1) is 29.9 Å². The van der Waals surface area contributed by atoms with Gasteiger partial charge < -0.3 is 14.1 Å². The lowest BCUT2D eigenvalue weighted by atomic mass is 10.1. The zero-order valence-electron chi connectivity index (χ0n) is 15.3. The summed E-state index contributed by atoms with van der Waals surface area (Å²) >= 11 is 0. The molecule has 0 bridgehead atoms. The predicted molar refractivity (Wildman–Crippen MR) is 97.7 cm³/mol. The maximum Gasteiger partial charge on any atom is 0.338 e. The number of rotatable bonds is 6. The normalized spacial score (nSPS) is 18.0. The molecule has 1 saturated heterocycles. The highest BCUT2D eigenvalue weighted by atomic mass is 32.2. The molecule has 9 heteroatoms. The molecule has 2 aromatic rings. The number of hydrogen-bond donors (Lipinski definition) is 0. The van der Waals surface area contributed by atoms with Crippen molar-refractivity contribution in [3.8, 4) is 0 Å². The number of furan rings is 1. The fraction of sp³-hybridized carbons (Fsp3) is 0.368. The molecule has 0 radical (unpaired) electrons. The zero-order valence-corrected chi connectivity index (χ0v) is 16.1. The molecule has 1 aromatic heterocycles. The van der Waals surface area contributed by atoms with Crippen LogP contribution in [0.1, 0.15) is 28.1 Å². The molecule has 0 N–H and O–H groups in total. The third-order valence-corrected chi connectivity index (χ3v) is 6.36. The van der Waals surface area contributed by atoms with Crippen molar-refractivity contribution in [1.82, 2.24) is 4.90 Å². The molecule has 3 rings (SSSR count). The zero-order chi connectivity index (χ0) is 20.3. The van der Waals surface area contributed by atoms with E-state index in [1.807, 2.05) is 0 Å². The van der Waals surface area contributed by atoms with E-state index in [1.165, 1.54) is 23.3 Å². The standard InChI is InChI=1S/C19H20FNO6S/c1-13-4-5-14(9-17(13)20)19(23)27-11-18(22)21(10-16-3-2-7-26-16)15-6-8-28(24,25)12-15/h2-5,7,9,15H,6,8,10-12H2,1H3/t15-/m1/s1. The molecular formula is C19H20FNO6S. The molecule has 28 heavy (non-hydrogen) atoms.